The van der Waals surface area contributed by atoms with E-state index in [0.29, 0.717) is 22.8 Å². The summed E-state index contributed by atoms with van der Waals surface area (Å²) in [5, 5.41) is 9.08. The van der Waals surface area contributed by atoms with Gasteiger partial charge in [-0.25, -0.2) is 4.79 Å². The quantitative estimate of drug-likeness (QED) is 0.862. The topological polar surface area (TPSA) is 65.0 Å². The van der Waals surface area contributed by atoms with Crippen LogP contribution in [0.25, 0.3) is 5.57 Å². The third kappa shape index (κ3) is 1.91. The van der Waals surface area contributed by atoms with Crippen LogP contribution in [0.4, 0.5) is 0 Å². The number of carboxylic acid groups (broad SMARTS) is 1. The predicted octanol–water partition coefficient (Wildman–Crippen LogP) is 1.56. The molecule has 0 bridgehead atoms. The maximum Gasteiger partial charge on any atom is 0.336 e. The van der Waals surface area contributed by atoms with Crippen molar-refractivity contribution in [3.63, 3.8) is 0 Å². The molecule has 0 saturated heterocycles. The highest BCUT2D eigenvalue weighted by atomic mass is 16.5. The number of carboxylic acids is 1. The van der Waals surface area contributed by atoms with Crippen LogP contribution in [0, 0.1) is 0 Å². The van der Waals surface area contributed by atoms with Crippen molar-refractivity contribution in [2.24, 2.45) is 0 Å². The molecule has 0 aromatic heterocycles. The van der Waals surface area contributed by atoms with Crippen LogP contribution in [0.15, 0.2) is 18.2 Å². The van der Waals surface area contributed by atoms with Crippen LogP contribution >= 0.6 is 0 Å². The molecule has 0 radical (unpaired) electrons. The van der Waals surface area contributed by atoms with Crippen molar-refractivity contribution >= 4 is 11.5 Å². The van der Waals surface area contributed by atoms with E-state index < -0.39 is 5.97 Å². The maximum absolute atomic E-state index is 11.1. The van der Waals surface area contributed by atoms with Crippen molar-refractivity contribution < 1.29 is 24.1 Å². The molecule has 0 atom stereocenters. The van der Waals surface area contributed by atoms with Gasteiger partial charge in [0.15, 0.2) is 11.5 Å². The number of hydrogen-bond acceptors (Lipinski definition) is 4. The number of benzene rings is 1. The lowest BCUT2D eigenvalue weighted by molar-refractivity contribution is -0.130. The number of ether oxygens (including phenoxy) is 3. The number of methoxy groups -OCH3 is 2. The van der Waals surface area contributed by atoms with E-state index in [-0.39, 0.29) is 12.2 Å². The van der Waals surface area contributed by atoms with E-state index in [1.54, 1.807) is 12.1 Å². The van der Waals surface area contributed by atoms with Gasteiger partial charge in [0, 0.05) is 11.6 Å². The lowest BCUT2D eigenvalue weighted by Gasteiger charge is -2.18. The van der Waals surface area contributed by atoms with Crippen LogP contribution in [0.5, 0.6) is 17.2 Å². The van der Waals surface area contributed by atoms with E-state index in [0.717, 1.165) is 0 Å². The first kappa shape index (κ1) is 11.3. The summed E-state index contributed by atoms with van der Waals surface area (Å²) in [6, 6.07) is 3.23. The number of hydrogen-bond donors (Lipinski definition) is 1. The Labute approximate surface area is 98.2 Å². The van der Waals surface area contributed by atoms with Crippen LogP contribution in [-0.2, 0) is 4.79 Å². The minimum absolute atomic E-state index is 0.215. The summed E-state index contributed by atoms with van der Waals surface area (Å²) >= 11 is 0. The molecule has 0 saturated carbocycles. The van der Waals surface area contributed by atoms with E-state index in [1.165, 1.54) is 20.3 Å². The lowest BCUT2D eigenvalue weighted by atomic mass is 10.0. The molecule has 0 spiro atoms. The van der Waals surface area contributed by atoms with Crippen LogP contribution in [0.3, 0.4) is 0 Å². The Hall–Kier alpha value is -2.17. The van der Waals surface area contributed by atoms with E-state index in [9.17, 15) is 4.79 Å². The van der Waals surface area contributed by atoms with Gasteiger partial charge in [-0.3, -0.25) is 0 Å². The Morgan fingerprint density at radius 3 is 2.53 bits per heavy atom. The molecule has 5 heteroatoms. The van der Waals surface area contributed by atoms with Crippen molar-refractivity contribution in [2.75, 3.05) is 20.8 Å². The standard InChI is InChI=1S/C12H12O5/c1-15-10-5-8-7(12(13)14)3-4-17-9(8)6-11(10)16-2/h3,5-6H,4H2,1-2H3,(H,13,14). The SMILES string of the molecule is COc1cc2c(cc1OC)C(C(=O)O)=CCO2. The largest absolute Gasteiger partial charge is 0.493 e. The third-order valence-electron chi connectivity index (χ3n) is 2.53. The summed E-state index contributed by atoms with van der Waals surface area (Å²) in [4.78, 5) is 11.1. The molecule has 1 aromatic rings. The van der Waals surface area contributed by atoms with Gasteiger partial charge in [-0.15, -0.1) is 0 Å². The zero-order valence-corrected chi connectivity index (χ0v) is 9.52. The number of carbonyl (C=O) groups is 1. The van der Waals surface area contributed by atoms with Gasteiger partial charge >= 0.3 is 5.97 Å². The number of aliphatic carboxylic acids is 1. The number of fused-ring (bicyclic) bond motifs is 1. The molecule has 0 aliphatic carbocycles. The lowest BCUT2D eigenvalue weighted by Crippen LogP contribution is -2.10. The highest BCUT2D eigenvalue weighted by molar-refractivity contribution is 6.16. The van der Waals surface area contributed by atoms with Gasteiger partial charge in [0.25, 0.3) is 0 Å². The van der Waals surface area contributed by atoms with Gasteiger partial charge in [0.1, 0.15) is 12.4 Å². The van der Waals surface area contributed by atoms with Crippen LogP contribution in [0.2, 0.25) is 0 Å². The molecule has 1 aliphatic heterocycles. The molecule has 5 nitrogen and oxygen atoms in total. The fraction of sp³-hybridized carbons (Fsp3) is 0.250. The second kappa shape index (κ2) is 4.37. The van der Waals surface area contributed by atoms with Crippen molar-refractivity contribution in [3.05, 3.63) is 23.8 Å². The van der Waals surface area contributed by atoms with Gasteiger partial charge in [0.2, 0.25) is 0 Å². The highest BCUT2D eigenvalue weighted by Crippen LogP contribution is 2.39. The molecular weight excluding hydrogens is 224 g/mol. The predicted molar refractivity (Wildman–Crippen MR) is 60.7 cm³/mol. The Morgan fingerprint density at radius 2 is 1.94 bits per heavy atom. The monoisotopic (exact) mass is 236 g/mol. The second-order valence-corrected chi connectivity index (χ2v) is 3.44. The summed E-state index contributed by atoms with van der Waals surface area (Å²) in [5.41, 5.74) is 0.716. The van der Waals surface area contributed by atoms with Crippen LogP contribution < -0.4 is 14.2 Å². The first-order valence-corrected chi connectivity index (χ1v) is 5.00. The first-order valence-electron chi connectivity index (χ1n) is 5.00. The number of rotatable bonds is 3. The Kier molecular flexibility index (Phi) is 2.91. The summed E-state index contributed by atoms with van der Waals surface area (Å²) < 4.78 is 15.6. The third-order valence-corrected chi connectivity index (χ3v) is 2.53. The fourth-order valence-electron chi connectivity index (χ4n) is 1.72. The maximum atomic E-state index is 11.1. The van der Waals surface area contributed by atoms with E-state index in [4.69, 9.17) is 19.3 Å². The highest BCUT2D eigenvalue weighted by Gasteiger charge is 2.22. The van der Waals surface area contributed by atoms with Gasteiger partial charge < -0.3 is 19.3 Å². The molecule has 1 heterocycles. The zero-order valence-electron chi connectivity index (χ0n) is 9.52. The minimum Gasteiger partial charge on any atom is -0.493 e. The van der Waals surface area contributed by atoms with Crippen LogP contribution in [0.1, 0.15) is 5.56 Å². The second-order valence-electron chi connectivity index (χ2n) is 3.44. The molecular formula is C12H12O5. The molecule has 0 unspecified atom stereocenters. The van der Waals surface area contributed by atoms with Crippen LogP contribution in [-0.4, -0.2) is 31.9 Å². The van der Waals surface area contributed by atoms with Crippen molar-refractivity contribution in [2.45, 2.75) is 0 Å². The zero-order chi connectivity index (χ0) is 12.4. The molecule has 0 amide bonds. The Bertz CT molecular complexity index is 490. The van der Waals surface area contributed by atoms with Gasteiger partial charge in [0.05, 0.1) is 19.8 Å². The molecule has 90 valence electrons. The molecule has 0 fully saturated rings. The average molecular weight is 236 g/mol. The normalized spacial score (nSPS) is 13.2. The Balaban J connectivity index is 2.57. The molecule has 1 aromatic carbocycles. The molecule has 1 aliphatic rings. The summed E-state index contributed by atoms with van der Waals surface area (Å²) in [6.45, 7) is 0.240. The van der Waals surface area contributed by atoms with Gasteiger partial charge in [-0.2, -0.15) is 0 Å². The van der Waals surface area contributed by atoms with E-state index in [2.05, 4.69) is 0 Å². The van der Waals surface area contributed by atoms with Crippen molar-refractivity contribution in [1.82, 2.24) is 0 Å². The fourth-order valence-corrected chi connectivity index (χ4v) is 1.72. The van der Waals surface area contributed by atoms with E-state index in [1.807, 2.05) is 0 Å². The van der Waals surface area contributed by atoms with Crippen molar-refractivity contribution in [1.29, 1.82) is 0 Å². The van der Waals surface area contributed by atoms with E-state index >= 15 is 0 Å². The average Bonchev–Trinajstić information content (AvgIpc) is 2.35. The van der Waals surface area contributed by atoms with Gasteiger partial charge in [-0.1, -0.05) is 0 Å². The minimum atomic E-state index is -0.984. The van der Waals surface area contributed by atoms with Gasteiger partial charge in [-0.05, 0) is 12.1 Å². The Morgan fingerprint density at radius 1 is 1.29 bits per heavy atom. The summed E-state index contributed by atoms with van der Waals surface area (Å²) in [6.07, 6.45) is 1.52. The summed E-state index contributed by atoms with van der Waals surface area (Å²) in [7, 11) is 3.01. The first-order chi connectivity index (χ1) is 8.17. The van der Waals surface area contributed by atoms with Crippen molar-refractivity contribution in [3.8, 4) is 17.2 Å². The molecule has 2 rings (SSSR count). The molecule has 1 N–H and O–H groups in total. The molecule has 17 heavy (non-hydrogen) atoms. The summed E-state index contributed by atoms with van der Waals surface area (Å²) in [5.74, 6) is 0.492. The smallest absolute Gasteiger partial charge is 0.336 e.